The Hall–Kier alpha value is -3.19. The zero-order valence-electron chi connectivity index (χ0n) is 17.4. The van der Waals surface area contributed by atoms with E-state index in [1.807, 2.05) is 0 Å². The number of ether oxygens (including phenoxy) is 2. The fraction of sp³-hybridized carbons (Fsp3) is 0.348. The predicted molar refractivity (Wildman–Crippen MR) is 112 cm³/mol. The highest BCUT2D eigenvalue weighted by molar-refractivity contribution is 6.46. The number of likely N-dealkylation sites (tertiary alicyclic amines) is 1. The van der Waals surface area contributed by atoms with Crippen molar-refractivity contribution in [2.24, 2.45) is 5.92 Å². The Morgan fingerprint density at radius 3 is 2.53 bits per heavy atom. The number of Topliss-reactive ketones (excluding diaryl/α,β-unsaturated/α-hetero) is 1. The topological polar surface area (TPSA) is 89.0 Å². The zero-order chi connectivity index (χ0) is 21.7. The molecule has 2 aromatic rings. The number of ketones is 1. The molecule has 1 aromatic carbocycles. The van der Waals surface area contributed by atoms with Crippen LogP contribution in [-0.4, -0.2) is 53.5 Å². The van der Waals surface area contributed by atoms with Gasteiger partial charge in [-0.3, -0.25) is 14.6 Å². The molecule has 158 valence electrons. The number of benzene rings is 1. The van der Waals surface area contributed by atoms with E-state index in [1.54, 1.807) is 48.8 Å². The zero-order valence-corrected chi connectivity index (χ0v) is 17.4. The number of methoxy groups -OCH3 is 1. The van der Waals surface area contributed by atoms with Gasteiger partial charge in [0.15, 0.2) is 0 Å². The fourth-order valence-corrected chi connectivity index (χ4v) is 3.31. The van der Waals surface area contributed by atoms with Gasteiger partial charge < -0.3 is 19.5 Å². The summed E-state index contributed by atoms with van der Waals surface area (Å²) in [5.74, 6) is -0.556. The van der Waals surface area contributed by atoms with Gasteiger partial charge in [-0.2, -0.15) is 0 Å². The van der Waals surface area contributed by atoms with Gasteiger partial charge >= 0.3 is 0 Å². The molecule has 0 unspecified atom stereocenters. The molecule has 30 heavy (non-hydrogen) atoms. The molecule has 1 aromatic heterocycles. The molecular formula is C23H26N2O5. The molecular weight excluding hydrogens is 384 g/mol. The van der Waals surface area contributed by atoms with Gasteiger partial charge in [0.25, 0.3) is 11.7 Å². The molecule has 0 aliphatic carbocycles. The van der Waals surface area contributed by atoms with Crippen LogP contribution in [0.15, 0.2) is 54.4 Å². The normalized spacial score (nSPS) is 18.3. The number of hydrogen-bond donors (Lipinski definition) is 1. The van der Waals surface area contributed by atoms with E-state index in [2.05, 4.69) is 18.8 Å². The molecule has 2 heterocycles. The summed E-state index contributed by atoms with van der Waals surface area (Å²) in [6, 6.07) is 9.59. The van der Waals surface area contributed by atoms with Crippen LogP contribution in [0.1, 0.15) is 31.0 Å². The maximum Gasteiger partial charge on any atom is 0.295 e. The molecule has 0 radical (unpaired) electrons. The summed E-state index contributed by atoms with van der Waals surface area (Å²) in [7, 11) is 1.53. The lowest BCUT2D eigenvalue weighted by Gasteiger charge is -2.24. The molecule has 0 spiro atoms. The van der Waals surface area contributed by atoms with Crippen LogP contribution in [0.2, 0.25) is 0 Å². The van der Waals surface area contributed by atoms with Gasteiger partial charge in [0, 0.05) is 31.6 Å². The Kier molecular flexibility index (Phi) is 6.84. The van der Waals surface area contributed by atoms with E-state index in [0.29, 0.717) is 29.4 Å². The molecule has 0 bridgehead atoms. The number of aromatic nitrogens is 1. The summed E-state index contributed by atoms with van der Waals surface area (Å²) in [6.07, 6.45) is 3.20. The minimum atomic E-state index is -0.731. The number of pyridine rings is 1. The highest BCUT2D eigenvalue weighted by Crippen LogP contribution is 2.39. The SMILES string of the molecule is COCCN1C(=O)C(=O)C(=C(O)c2ccc(OCC(C)C)cc2)[C@@H]1c1cccnc1. The standard InChI is InChI=1S/C23H26N2O5/c1-15(2)14-30-18-8-6-16(7-9-18)21(26)19-20(17-5-4-10-24-13-17)25(11-12-29-3)23(28)22(19)27/h4-10,13,15,20,26H,11-12,14H2,1-3H3/t20-/m0/s1. The van der Waals surface area contributed by atoms with E-state index in [9.17, 15) is 14.7 Å². The van der Waals surface area contributed by atoms with E-state index >= 15 is 0 Å². The van der Waals surface area contributed by atoms with Crippen molar-refractivity contribution in [1.82, 2.24) is 9.88 Å². The number of rotatable bonds is 8. The van der Waals surface area contributed by atoms with Crippen LogP contribution in [0.3, 0.4) is 0 Å². The molecule has 7 heteroatoms. The van der Waals surface area contributed by atoms with E-state index in [-0.39, 0.29) is 24.5 Å². The number of hydrogen-bond acceptors (Lipinski definition) is 6. The van der Waals surface area contributed by atoms with Crippen LogP contribution in [0.4, 0.5) is 0 Å². The van der Waals surface area contributed by atoms with Crippen LogP contribution in [0.5, 0.6) is 5.75 Å². The van der Waals surface area contributed by atoms with Gasteiger partial charge in [-0.05, 0) is 41.8 Å². The lowest BCUT2D eigenvalue weighted by Crippen LogP contribution is -2.32. The smallest absolute Gasteiger partial charge is 0.295 e. The fourth-order valence-electron chi connectivity index (χ4n) is 3.31. The van der Waals surface area contributed by atoms with Gasteiger partial charge in [-0.1, -0.05) is 19.9 Å². The predicted octanol–water partition coefficient (Wildman–Crippen LogP) is 3.18. The summed E-state index contributed by atoms with van der Waals surface area (Å²) in [5, 5.41) is 11.0. The van der Waals surface area contributed by atoms with Crippen LogP contribution in [-0.2, 0) is 14.3 Å². The Balaban J connectivity index is 2.00. The summed E-state index contributed by atoms with van der Waals surface area (Å²) < 4.78 is 10.8. The van der Waals surface area contributed by atoms with Crippen molar-refractivity contribution in [1.29, 1.82) is 0 Å². The van der Waals surface area contributed by atoms with E-state index in [1.165, 1.54) is 12.0 Å². The molecule has 1 saturated heterocycles. The molecule has 3 rings (SSSR count). The van der Waals surface area contributed by atoms with Crippen molar-refractivity contribution in [2.45, 2.75) is 19.9 Å². The molecule has 1 atom stereocenters. The second-order valence-corrected chi connectivity index (χ2v) is 7.50. The average molecular weight is 410 g/mol. The molecule has 1 aliphatic heterocycles. The van der Waals surface area contributed by atoms with Crippen LogP contribution in [0, 0.1) is 5.92 Å². The van der Waals surface area contributed by atoms with Gasteiger partial charge in [-0.25, -0.2) is 0 Å². The first kappa shape index (κ1) is 21.5. The Bertz CT molecular complexity index is 922. The summed E-state index contributed by atoms with van der Waals surface area (Å²) in [5.41, 5.74) is 1.12. The van der Waals surface area contributed by atoms with Crippen molar-refractivity contribution >= 4 is 17.4 Å². The largest absolute Gasteiger partial charge is 0.507 e. The highest BCUT2D eigenvalue weighted by atomic mass is 16.5. The minimum Gasteiger partial charge on any atom is -0.507 e. The molecule has 1 amide bonds. The van der Waals surface area contributed by atoms with E-state index < -0.39 is 17.7 Å². The number of aliphatic hydroxyl groups is 1. The first-order valence-electron chi connectivity index (χ1n) is 9.84. The lowest BCUT2D eigenvalue weighted by atomic mass is 9.96. The first-order valence-corrected chi connectivity index (χ1v) is 9.84. The van der Waals surface area contributed by atoms with Crippen molar-refractivity contribution in [3.05, 3.63) is 65.5 Å². The molecule has 1 fully saturated rings. The van der Waals surface area contributed by atoms with Crippen molar-refractivity contribution in [3.8, 4) is 5.75 Å². The number of carbonyl (C=O) groups is 2. The molecule has 7 nitrogen and oxygen atoms in total. The lowest BCUT2D eigenvalue weighted by molar-refractivity contribution is -0.140. The van der Waals surface area contributed by atoms with Gasteiger partial charge in [-0.15, -0.1) is 0 Å². The van der Waals surface area contributed by atoms with Gasteiger partial charge in [0.2, 0.25) is 0 Å². The third kappa shape index (κ3) is 4.52. The Morgan fingerprint density at radius 2 is 1.93 bits per heavy atom. The van der Waals surface area contributed by atoms with Crippen LogP contribution < -0.4 is 4.74 Å². The number of nitrogens with zero attached hydrogens (tertiary/aromatic N) is 2. The highest BCUT2D eigenvalue weighted by Gasteiger charge is 2.45. The summed E-state index contributed by atoms with van der Waals surface area (Å²) >= 11 is 0. The quantitative estimate of drug-likeness (QED) is 0.408. The van der Waals surface area contributed by atoms with Gasteiger partial charge in [0.05, 0.1) is 24.8 Å². The summed E-state index contributed by atoms with van der Waals surface area (Å²) in [4.78, 5) is 31.0. The Morgan fingerprint density at radius 1 is 1.20 bits per heavy atom. The minimum absolute atomic E-state index is 0.0416. The maximum absolute atomic E-state index is 12.8. The number of amides is 1. The molecule has 1 N–H and O–H groups in total. The third-order valence-corrected chi connectivity index (χ3v) is 4.79. The van der Waals surface area contributed by atoms with Gasteiger partial charge in [0.1, 0.15) is 11.5 Å². The van der Waals surface area contributed by atoms with Crippen molar-refractivity contribution in [3.63, 3.8) is 0 Å². The Labute approximate surface area is 175 Å². The third-order valence-electron chi connectivity index (χ3n) is 4.79. The van der Waals surface area contributed by atoms with E-state index in [4.69, 9.17) is 9.47 Å². The second kappa shape index (κ2) is 9.54. The van der Waals surface area contributed by atoms with E-state index in [0.717, 1.165) is 0 Å². The van der Waals surface area contributed by atoms with Crippen LogP contribution in [0.25, 0.3) is 5.76 Å². The average Bonchev–Trinajstić information content (AvgIpc) is 3.01. The van der Waals surface area contributed by atoms with Crippen molar-refractivity contribution in [2.75, 3.05) is 26.9 Å². The summed E-state index contributed by atoms with van der Waals surface area (Å²) in [6.45, 7) is 5.19. The van der Waals surface area contributed by atoms with Crippen LogP contribution >= 0.6 is 0 Å². The van der Waals surface area contributed by atoms with Crippen molar-refractivity contribution < 1.29 is 24.2 Å². The number of aliphatic hydroxyl groups excluding tert-OH is 1. The molecule has 0 saturated carbocycles. The molecule has 1 aliphatic rings. The monoisotopic (exact) mass is 410 g/mol. The number of carbonyl (C=O) groups excluding carboxylic acids is 2. The second-order valence-electron chi connectivity index (χ2n) is 7.50. The first-order chi connectivity index (χ1) is 14.4. The maximum atomic E-state index is 12.8.